The predicted octanol–water partition coefficient (Wildman–Crippen LogP) is 3.10. The summed E-state index contributed by atoms with van der Waals surface area (Å²) >= 11 is 0. The molecule has 9 nitrogen and oxygen atoms in total. The number of hydrogen-bond donors (Lipinski definition) is 1. The first-order valence-electron chi connectivity index (χ1n) is 9.59. The van der Waals surface area contributed by atoms with Gasteiger partial charge in [-0.25, -0.2) is 9.97 Å². The molecule has 1 aliphatic rings. The van der Waals surface area contributed by atoms with Gasteiger partial charge in [0.1, 0.15) is 11.5 Å². The lowest BCUT2D eigenvalue weighted by molar-refractivity contribution is 0.233. The number of hydrogen-bond acceptors (Lipinski definition) is 8. The lowest BCUT2D eigenvalue weighted by Gasteiger charge is -2.38. The van der Waals surface area contributed by atoms with Crippen LogP contribution in [0.4, 0.5) is 5.82 Å². The third-order valence-electron chi connectivity index (χ3n) is 4.90. The molecule has 0 atom stereocenters. The maximum absolute atomic E-state index is 5.73. The number of rotatable bonds is 5. The van der Waals surface area contributed by atoms with Gasteiger partial charge in [0.2, 0.25) is 11.8 Å². The molecule has 29 heavy (non-hydrogen) atoms. The molecule has 1 saturated heterocycles. The summed E-state index contributed by atoms with van der Waals surface area (Å²) in [6.45, 7) is 7.39. The Morgan fingerprint density at radius 3 is 2.86 bits per heavy atom. The van der Waals surface area contributed by atoms with Crippen LogP contribution in [0, 0.1) is 6.92 Å². The summed E-state index contributed by atoms with van der Waals surface area (Å²) in [5, 5.41) is 12.4. The molecule has 0 unspecified atom stereocenters. The third kappa shape index (κ3) is 3.28. The second-order valence-electron chi connectivity index (χ2n) is 7.49. The molecule has 0 aliphatic carbocycles. The molecule has 0 spiro atoms. The van der Waals surface area contributed by atoms with Gasteiger partial charge in [0, 0.05) is 36.3 Å². The van der Waals surface area contributed by atoms with E-state index in [0.29, 0.717) is 17.6 Å². The molecule has 4 aromatic heterocycles. The van der Waals surface area contributed by atoms with Gasteiger partial charge in [-0.2, -0.15) is 10.1 Å². The SMILES string of the molecule is Cc1noc(C2CN(c3cc(-c4n[nH]c5cnc(OC(C)C)cc45)ccn3)C2)n1. The van der Waals surface area contributed by atoms with Crippen molar-refractivity contribution in [3.63, 3.8) is 0 Å². The van der Waals surface area contributed by atoms with Gasteiger partial charge in [-0.15, -0.1) is 0 Å². The van der Waals surface area contributed by atoms with E-state index in [-0.39, 0.29) is 12.0 Å². The summed E-state index contributed by atoms with van der Waals surface area (Å²) in [5.74, 6) is 3.09. The van der Waals surface area contributed by atoms with Crippen LogP contribution in [0.25, 0.3) is 22.2 Å². The monoisotopic (exact) mass is 391 g/mol. The highest BCUT2D eigenvalue weighted by atomic mass is 16.5. The van der Waals surface area contributed by atoms with E-state index in [1.165, 1.54) is 0 Å². The zero-order valence-electron chi connectivity index (χ0n) is 16.5. The number of H-pyrrole nitrogens is 1. The summed E-state index contributed by atoms with van der Waals surface area (Å²) in [6, 6.07) is 5.93. The van der Waals surface area contributed by atoms with Crippen LogP contribution in [-0.4, -0.2) is 49.5 Å². The second kappa shape index (κ2) is 6.84. The molecule has 4 aromatic rings. The summed E-state index contributed by atoms with van der Waals surface area (Å²) in [6.07, 6.45) is 3.62. The molecule has 5 rings (SSSR count). The van der Waals surface area contributed by atoms with Crippen LogP contribution in [0.15, 0.2) is 35.1 Å². The van der Waals surface area contributed by atoms with E-state index in [0.717, 1.165) is 41.1 Å². The Labute approximate surface area is 167 Å². The van der Waals surface area contributed by atoms with Crippen molar-refractivity contribution in [1.29, 1.82) is 0 Å². The van der Waals surface area contributed by atoms with Crippen molar-refractivity contribution in [2.75, 3.05) is 18.0 Å². The van der Waals surface area contributed by atoms with Crippen LogP contribution < -0.4 is 9.64 Å². The normalized spacial score (nSPS) is 14.6. The quantitative estimate of drug-likeness (QED) is 0.553. The van der Waals surface area contributed by atoms with Crippen molar-refractivity contribution < 1.29 is 9.26 Å². The molecule has 148 valence electrons. The van der Waals surface area contributed by atoms with E-state index < -0.39 is 0 Å². The largest absolute Gasteiger partial charge is 0.475 e. The smallest absolute Gasteiger partial charge is 0.233 e. The van der Waals surface area contributed by atoms with Gasteiger partial charge in [0.15, 0.2) is 5.82 Å². The number of anilines is 1. The predicted molar refractivity (Wildman–Crippen MR) is 107 cm³/mol. The first-order valence-corrected chi connectivity index (χ1v) is 9.59. The van der Waals surface area contributed by atoms with Crippen LogP contribution in [0.2, 0.25) is 0 Å². The number of ether oxygens (including phenoxy) is 1. The Balaban J connectivity index is 1.40. The van der Waals surface area contributed by atoms with Gasteiger partial charge in [-0.3, -0.25) is 5.10 Å². The number of nitrogens with zero attached hydrogens (tertiary/aromatic N) is 6. The van der Waals surface area contributed by atoms with Crippen LogP contribution >= 0.6 is 0 Å². The molecule has 5 heterocycles. The third-order valence-corrected chi connectivity index (χ3v) is 4.90. The number of fused-ring (bicyclic) bond motifs is 1. The molecule has 0 bridgehead atoms. The number of aromatic amines is 1. The Morgan fingerprint density at radius 2 is 2.10 bits per heavy atom. The summed E-state index contributed by atoms with van der Waals surface area (Å²) in [4.78, 5) is 15.4. The van der Waals surface area contributed by atoms with E-state index >= 15 is 0 Å². The van der Waals surface area contributed by atoms with Gasteiger partial charge in [0.25, 0.3) is 0 Å². The molecule has 1 fully saturated rings. The fourth-order valence-electron chi connectivity index (χ4n) is 3.46. The maximum atomic E-state index is 5.73. The van der Waals surface area contributed by atoms with Crippen LogP contribution in [0.3, 0.4) is 0 Å². The van der Waals surface area contributed by atoms with Gasteiger partial charge in [-0.05, 0) is 32.9 Å². The first kappa shape index (κ1) is 17.6. The molecule has 0 radical (unpaired) electrons. The number of nitrogens with one attached hydrogen (secondary N) is 1. The lowest BCUT2D eigenvalue weighted by atomic mass is 10.00. The van der Waals surface area contributed by atoms with Gasteiger partial charge in [0.05, 0.1) is 23.7 Å². The van der Waals surface area contributed by atoms with Gasteiger partial charge in [-0.1, -0.05) is 5.16 Å². The zero-order valence-corrected chi connectivity index (χ0v) is 16.5. The molecule has 1 N–H and O–H groups in total. The lowest BCUT2D eigenvalue weighted by Crippen LogP contribution is -2.45. The van der Waals surface area contributed by atoms with Crippen LogP contribution in [0.5, 0.6) is 5.88 Å². The summed E-state index contributed by atoms with van der Waals surface area (Å²) in [5.41, 5.74) is 2.70. The minimum atomic E-state index is 0.0600. The standard InChI is InChI=1S/C20H21N7O2/c1-11(2)28-18-7-15-16(8-22-18)24-25-19(15)13-4-5-21-17(6-13)27-9-14(10-27)20-23-12(3)26-29-20/h4-8,11,14H,9-10H2,1-3H3,(H,24,25). The maximum Gasteiger partial charge on any atom is 0.233 e. The topological polar surface area (TPSA) is 106 Å². The number of aryl methyl sites for hydroxylation is 1. The molecule has 0 saturated carbocycles. The second-order valence-corrected chi connectivity index (χ2v) is 7.49. The highest BCUT2D eigenvalue weighted by Gasteiger charge is 2.33. The van der Waals surface area contributed by atoms with Crippen molar-refractivity contribution in [2.45, 2.75) is 32.8 Å². The fourth-order valence-corrected chi connectivity index (χ4v) is 3.46. The molecule has 1 aliphatic heterocycles. The Bertz CT molecular complexity index is 1160. The Kier molecular flexibility index (Phi) is 4.15. The van der Waals surface area contributed by atoms with Crippen LogP contribution in [0.1, 0.15) is 31.5 Å². The molecule has 0 aromatic carbocycles. The summed E-state index contributed by atoms with van der Waals surface area (Å²) < 4.78 is 11.0. The highest BCUT2D eigenvalue weighted by molar-refractivity contribution is 5.93. The molecule has 9 heteroatoms. The van der Waals surface area contributed by atoms with E-state index in [4.69, 9.17) is 9.26 Å². The Hall–Kier alpha value is -3.49. The number of aromatic nitrogens is 6. The van der Waals surface area contributed by atoms with Crippen molar-refractivity contribution in [1.82, 2.24) is 30.3 Å². The van der Waals surface area contributed by atoms with Gasteiger partial charge < -0.3 is 14.2 Å². The average molecular weight is 391 g/mol. The molecule has 0 amide bonds. The first-order chi connectivity index (χ1) is 14.1. The number of pyridine rings is 2. The van der Waals surface area contributed by atoms with Crippen molar-refractivity contribution in [2.24, 2.45) is 0 Å². The Morgan fingerprint density at radius 1 is 1.24 bits per heavy atom. The van der Waals surface area contributed by atoms with Gasteiger partial charge >= 0.3 is 0 Å². The van der Waals surface area contributed by atoms with Crippen molar-refractivity contribution in [3.05, 3.63) is 42.3 Å². The van der Waals surface area contributed by atoms with E-state index in [1.807, 2.05) is 45.2 Å². The zero-order chi connectivity index (χ0) is 20.0. The summed E-state index contributed by atoms with van der Waals surface area (Å²) in [7, 11) is 0. The minimum Gasteiger partial charge on any atom is -0.475 e. The minimum absolute atomic E-state index is 0.0600. The van der Waals surface area contributed by atoms with Crippen LogP contribution in [-0.2, 0) is 0 Å². The molecular weight excluding hydrogens is 370 g/mol. The van der Waals surface area contributed by atoms with Crippen molar-refractivity contribution in [3.8, 4) is 17.1 Å². The fraction of sp³-hybridized carbons (Fsp3) is 0.350. The highest BCUT2D eigenvalue weighted by Crippen LogP contribution is 2.33. The van der Waals surface area contributed by atoms with E-state index in [9.17, 15) is 0 Å². The van der Waals surface area contributed by atoms with Crippen molar-refractivity contribution >= 4 is 16.7 Å². The average Bonchev–Trinajstić information content (AvgIpc) is 3.26. The van der Waals surface area contributed by atoms with E-state index in [2.05, 4.69) is 35.2 Å². The van der Waals surface area contributed by atoms with E-state index in [1.54, 1.807) is 6.20 Å². The molecular formula is C20H21N7O2.